The summed E-state index contributed by atoms with van der Waals surface area (Å²) in [6, 6.07) is 9.79. The van der Waals surface area contributed by atoms with E-state index in [1.807, 2.05) is 42.0 Å². The number of aryl methyl sites for hydroxylation is 1. The molecule has 1 aliphatic heterocycles. The SMILES string of the molecule is Cc1ccnc2c1ccn2C1CC(Oc2cccc3c2CCNC3)[C@@H](O)[C@H]1O. The molecular weight excluding hydrogens is 354 g/mol. The minimum atomic E-state index is -0.940. The van der Waals surface area contributed by atoms with Crippen LogP contribution in [0.5, 0.6) is 5.75 Å². The molecule has 3 N–H and O–H groups in total. The summed E-state index contributed by atoms with van der Waals surface area (Å²) in [6.07, 6.45) is 2.88. The molecule has 3 aromatic rings. The Hall–Kier alpha value is -2.41. The summed E-state index contributed by atoms with van der Waals surface area (Å²) in [5.74, 6) is 0.822. The van der Waals surface area contributed by atoms with Crippen LogP contribution in [0.25, 0.3) is 11.0 Å². The van der Waals surface area contributed by atoms with Crippen LogP contribution in [0.15, 0.2) is 42.7 Å². The first-order valence-corrected chi connectivity index (χ1v) is 9.90. The van der Waals surface area contributed by atoms with E-state index in [9.17, 15) is 10.2 Å². The maximum atomic E-state index is 10.8. The standard InChI is InChI=1S/C22H25N3O3/c1-13-5-9-24-22-15(13)7-10-25(22)17-11-19(21(27)20(17)26)28-18-4-2-3-14-12-23-8-6-16(14)18/h2-5,7,9-10,17,19-21,23,26-27H,6,8,11-12H2,1H3/t17?,19?,20-,21+/m0/s1. The first-order valence-electron chi connectivity index (χ1n) is 9.90. The number of hydrogen-bond acceptors (Lipinski definition) is 5. The normalized spacial score (nSPS) is 27.1. The van der Waals surface area contributed by atoms with Gasteiger partial charge in [0.2, 0.25) is 0 Å². The predicted octanol–water partition coefficient (Wildman–Crippen LogP) is 2.10. The molecule has 4 atom stereocenters. The molecule has 0 bridgehead atoms. The highest BCUT2D eigenvalue weighted by atomic mass is 16.5. The van der Waals surface area contributed by atoms with E-state index in [-0.39, 0.29) is 6.04 Å². The van der Waals surface area contributed by atoms with Gasteiger partial charge in [-0.2, -0.15) is 0 Å². The van der Waals surface area contributed by atoms with E-state index in [0.29, 0.717) is 6.42 Å². The van der Waals surface area contributed by atoms with Crippen LogP contribution in [0.3, 0.4) is 0 Å². The zero-order valence-corrected chi connectivity index (χ0v) is 15.9. The van der Waals surface area contributed by atoms with Gasteiger partial charge in [0.15, 0.2) is 0 Å². The van der Waals surface area contributed by atoms with Gasteiger partial charge in [-0.25, -0.2) is 4.98 Å². The van der Waals surface area contributed by atoms with Crippen LogP contribution in [-0.4, -0.2) is 44.6 Å². The molecule has 0 spiro atoms. The van der Waals surface area contributed by atoms with Crippen molar-refractivity contribution in [3.63, 3.8) is 0 Å². The number of rotatable bonds is 3. The average molecular weight is 379 g/mol. The molecule has 28 heavy (non-hydrogen) atoms. The van der Waals surface area contributed by atoms with Gasteiger partial charge >= 0.3 is 0 Å². The highest BCUT2D eigenvalue weighted by Gasteiger charge is 2.44. The molecule has 2 unspecified atom stereocenters. The van der Waals surface area contributed by atoms with E-state index < -0.39 is 18.3 Å². The van der Waals surface area contributed by atoms with Gasteiger partial charge in [0.1, 0.15) is 29.7 Å². The lowest BCUT2D eigenvalue weighted by Gasteiger charge is -2.24. The van der Waals surface area contributed by atoms with Gasteiger partial charge < -0.3 is 24.8 Å². The number of benzene rings is 1. The van der Waals surface area contributed by atoms with E-state index >= 15 is 0 Å². The van der Waals surface area contributed by atoms with Gasteiger partial charge in [-0.15, -0.1) is 0 Å². The first-order chi connectivity index (χ1) is 13.6. The van der Waals surface area contributed by atoms with Gasteiger partial charge in [0.25, 0.3) is 0 Å². The van der Waals surface area contributed by atoms with Crippen LogP contribution in [0.4, 0.5) is 0 Å². The summed E-state index contributed by atoms with van der Waals surface area (Å²) in [4.78, 5) is 4.50. The maximum Gasteiger partial charge on any atom is 0.140 e. The largest absolute Gasteiger partial charge is 0.487 e. The number of nitrogens with one attached hydrogen (secondary N) is 1. The summed E-state index contributed by atoms with van der Waals surface area (Å²) < 4.78 is 8.23. The molecule has 146 valence electrons. The number of nitrogens with zero attached hydrogens (tertiary/aromatic N) is 2. The molecule has 1 aromatic carbocycles. The fraction of sp³-hybridized carbons (Fsp3) is 0.409. The molecule has 0 radical (unpaired) electrons. The van der Waals surface area contributed by atoms with E-state index in [1.165, 1.54) is 11.1 Å². The predicted molar refractivity (Wildman–Crippen MR) is 106 cm³/mol. The van der Waals surface area contributed by atoms with Crippen LogP contribution < -0.4 is 10.1 Å². The quantitative estimate of drug-likeness (QED) is 0.650. The van der Waals surface area contributed by atoms with Gasteiger partial charge in [0, 0.05) is 30.7 Å². The number of aliphatic hydroxyl groups is 2. The molecule has 3 heterocycles. The molecule has 1 saturated carbocycles. The second-order valence-electron chi connectivity index (χ2n) is 7.85. The van der Waals surface area contributed by atoms with Crippen LogP contribution in [-0.2, 0) is 13.0 Å². The van der Waals surface area contributed by atoms with E-state index in [4.69, 9.17) is 4.74 Å². The maximum absolute atomic E-state index is 10.8. The number of aromatic nitrogens is 2. The molecule has 2 aliphatic rings. The Kier molecular flexibility index (Phi) is 4.34. The zero-order valence-electron chi connectivity index (χ0n) is 15.9. The van der Waals surface area contributed by atoms with Gasteiger partial charge in [-0.05, 0) is 54.8 Å². The molecule has 1 aliphatic carbocycles. The Bertz CT molecular complexity index is 1020. The summed E-state index contributed by atoms with van der Waals surface area (Å²) in [5, 5.41) is 25.9. The number of pyridine rings is 1. The second kappa shape index (κ2) is 6.88. The lowest BCUT2D eigenvalue weighted by Crippen LogP contribution is -2.34. The van der Waals surface area contributed by atoms with Crippen molar-refractivity contribution in [3.8, 4) is 5.75 Å². The lowest BCUT2D eigenvalue weighted by atomic mass is 10.00. The van der Waals surface area contributed by atoms with Crippen molar-refractivity contribution in [2.24, 2.45) is 0 Å². The van der Waals surface area contributed by atoms with Crippen LogP contribution in [0, 0.1) is 6.92 Å². The fourth-order valence-corrected chi connectivity index (χ4v) is 4.59. The van der Waals surface area contributed by atoms with Crippen LogP contribution in [0.1, 0.15) is 29.2 Å². The molecular formula is C22H25N3O3. The Morgan fingerprint density at radius 3 is 2.96 bits per heavy atom. The third-order valence-corrected chi connectivity index (χ3v) is 6.17. The average Bonchev–Trinajstić information content (AvgIpc) is 3.26. The molecule has 1 fully saturated rings. The Morgan fingerprint density at radius 2 is 2.07 bits per heavy atom. The number of ether oxygens (including phenoxy) is 1. The lowest BCUT2D eigenvalue weighted by molar-refractivity contribution is -0.0166. The van der Waals surface area contributed by atoms with E-state index in [2.05, 4.69) is 16.4 Å². The van der Waals surface area contributed by atoms with Crippen LogP contribution >= 0.6 is 0 Å². The van der Waals surface area contributed by atoms with Crippen molar-refractivity contribution in [3.05, 3.63) is 59.4 Å². The highest BCUT2D eigenvalue weighted by molar-refractivity contribution is 5.79. The Balaban J connectivity index is 1.43. The van der Waals surface area contributed by atoms with Crippen molar-refractivity contribution < 1.29 is 14.9 Å². The second-order valence-corrected chi connectivity index (χ2v) is 7.85. The van der Waals surface area contributed by atoms with Crippen molar-refractivity contribution >= 4 is 11.0 Å². The summed E-state index contributed by atoms with van der Waals surface area (Å²) >= 11 is 0. The molecule has 5 rings (SSSR count). The van der Waals surface area contributed by atoms with Crippen molar-refractivity contribution in [1.29, 1.82) is 0 Å². The third kappa shape index (κ3) is 2.80. The minimum Gasteiger partial charge on any atom is -0.487 e. The molecule has 0 saturated heterocycles. The topological polar surface area (TPSA) is 79.5 Å². The van der Waals surface area contributed by atoms with Crippen LogP contribution in [0.2, 0.25) is 0 Å². The molecule has 6 nitrogen and oxygen atoms in total. The van der Waals surface area contributed by atoms with Gasteiger partial charge in [-0.3, -0.25) is 0 Å². The fourth-order valence-electron chi connectivity index (χ4n) is 4.59. The summed E-state index contributed by atoms with van der Waals surface area (Å²) in [5.41, 5.74) is 4.42. The van der Waals surface area contributed by atoms with Crippen molar-refractivity contribution in [2.75, 3.05) is 6.54 Å². The third-order valence-electron chi connectivity index (χ3n) is 6.17. The molecule has 6 heteroatoms. The van der Waals surface area contributed by atoms with Gasteiger partial charge in [0.05, 0.1) is 6.04 Å². The first kappa shape index (κ1) is 17.7. The van der Waals surface area contributed by atoms with Gasteiger partial charge in [-0.1, -0.05) is 12.1 Å². The Morgan fingerprint density at radius 1 is 1.18 bits per heavy atom. The summed E-state index contributed by atoms with van der Waals surface area (Å²) in [7, 11) is 0. The smallest absolute Gasteiger partial charge is 0.140 e. The number of hydrogen-bond donors (Lipinski definition) is 3. The highest BCUT2D eigenvalue weighted by Crippen LogP contribution is 2.37. The van der Waals surface area contributed by atoms with E-state index in [0.717, 1.165) is 41.9 Å². The monoisotopic (exact) mass is 379 g/mol. The number of fused-ring (bicyclic) bond motifs is 2. The summed E-state index contributed by atoms with van der Waals surface area (Å²) in [6.45, 7) is 3.81. The van der Waals surface area contributed by atoms with Crippen molar-refractivity contribution in [2.45, 2.75) is 50.7 Å². The van der Waals surface area contributed by atoms with E-state index in [1.54, 1.807) is 6.20 Å². The Labute approximate surface area is 163 Å². The minimum absolute atomic E-state index is 0.270. The van der Waals surface area contributed by atoms with Crippen molar-refractivity contribution in [1.82, 2.24) is 14.9 Å². The number of aliphatic hydroxyl groups excluding tert-OH is 2. The zero-order chi connectivity index (χ0) is 19.3. The molecule has 2 aromatic heterocycles. The molecule has 0 amide bonds.